The average Bonchev–Trinajstić information content (AvgIpc) is 2.63. The summed E-state index contributed by atoms with van der Waals surface area (Å²) in [5.74, 6) is 0. The summed E-state index contributed by atoms with van der Waals surface area (Å²) >= 11 is 0. The van der Waals surface area contributed by atoms with Crippen molar-refractivity contribution < 1.29 is 0 Å². The second kappa shape index (κ2) is 3.10. The minimum Gasteiger partial charge on any atom is -0.0613 e. The van der Waals surface area contributed by atoms with Gasteiger partial charge in [-0.25, -0.2) is 0 Å². The highest BCUT2D eigenvalue weighted by molar-refractivity contribution is 5.93. The maximum atomic E-state index is 2.33. The molecule has 2 aromatic carbocycles. The van der Waals surface area contributed by atoms with Gasteiger partial charge in [-0.15, -0.1) is 0 Å². The van der Waals surface area contributed by atoms with Crippen LogP contribution in [0.3, 0.4) is 0 Å². The van der Waals surface area contributed by atoms with Crippen LogP contribution in [0.25, 0.3) is 10.8 Å². The molecule has 0 amide bonds. The number of benzene rings is 2. The van der Waals surface area contributed by atoms with Gasteiger partial charge in [0.1, 0.15) is 0 Å². The van der Waals surface area contributed by atoms with Crippen LogP contribution in [0.2, 0.25) is 0 Å². The van der Waals surface area contributed by atoms with Gasteiger partial charge in [-0.3, -0.25) is 0 Å². The number of aryl methyl sites for hydroxylation is 2. The topological polar surface area (TPSA) is 0 Å². The summed E-state index contributed by atoms with van der Waals surface area (Å²) in [4.78, 5) is 0. The molecule has 0 spiro atoms. The lowest BCUT2D eigenvalue weighted by Crippen LogP contribution is -2.11. The van der Waals surface area contributed by atoms with Crippen LogP contribution in [0.4, 0.5) is 0 Å². The normalized spacial score (nSPS) is 14.7. The Bertz CT molecular complexity index is 546. The van der Waals surface area contributed by atoms with Gasteiger partial charge in [-0.05, 0) is 45.7 Å². The molecule has 0 heterocycles. The number of hydrogen-bond acceptors (Lipinski definition) is 0. The standard InChI is InChI=1S/C16H18/c1-16(2,3)14-10-9-12-8-7-11-5-4-6-13(14)15(11)12/h4-6,9-10H,7-8H2,1-3H3. The highest BCUT2D eigenvalue weighted by atomic mass is 14.3. The van der Waals surface area contributed by atoms with Crippen LogP contribution in [-0.2, 0) is 18.3 Å². The van der Waals surface area contributed by atoms with E-state index < -0.39 is 0 Å². The first-order valence-electron chi connectivity index (χ1n) is 6.11. The second-order valence-electron chi connectivity index (χ2n) is 5.86. The summed E-state index contributed by atoms with van der Waals surface area (Å²) in [5.41, 5.74) is 4.80. The van der Waals surface area contributed by atoms with E-state index in [1.54, 1.807) is 11.1 Å². The number of hydrogen-bond donors (Lipinski definition) is 0. The second-order valence-corrected chi connectivity index (χ2v) is 5.86. The van der Waals surface area contributed by atoms with Gasteiger partial charge >= 0.3 is 0 Å². The van der Waals surface area contributed by atoms with Crippen LogP contribution >= 0.6 is 0 Å². The monoisotopic (exact) mass is 210 g/mol. The van der Waals surface area contributed by atoms with E-state index in [2.05, 4.69) is 51.1 Å². The molecule has 0 saturated carbocycles. The SMILES string of the molecule is CC(C)(C)c1ccc2c3c(cccc13)CC2. The third-order valence-electron chi connectivity index (χ3n) is 3.68. The van der Waals surface area contributed by atoms with E-state index in [1.807, 2.05) is 0 Å². The highest BCUT2D eigenvalue weighted by Gasteiger charge is 2.21. The van der Waals surface area contributed by atoms with Crippen LogP contribution < -0.4 is 0 Å². The highest BCUT2D eigenvalue weighted by Crippen LogP contribution is 2.37. The van der Waals surface area contributed by atoms with Crippen LogP contribution in [0, 0.1) is 0 Å². The molecule has 0 aliphatic heterocycles. The maximum absolute atomic E-state index is 2.33. The molecule has 82 valence electrons. The van der Waals surface area contributed by atoms with Crippen molar-refractivity contribution in [1.29, 1.82) is 0 Å². The van der Waals surface area contributed by atoms with Crippen LogP contribution in [0.1, 0.15) is 37.5 Å². The first-order chi connectivity index (χ1) is 7.57. The lowest BCUT2D eigenvalue weighted by Gasteiger charge is -2.22. The Morgan fingerprint density at radius 1 is 0.875 bits per heavy atom. The fourth-order valence-corrected chi connectivity index (χ4v) is 2.90. The largest absolute Gasteiger partial charge is 0.0613 e. The molecular weight excluding hydrogens is 192 g/mol. The van der Waals surface area contributed by atoms with Crippen LogP contribution in [-0.4, -0.2) is 0 Å². The van der Waals surface area contributed by atoms with Crippen LogP contribution in [0.5, 0.6) is 0 Å². The molecule has 0 radical (unpaired) electrons. The lowest BCUT2D eigenvalue weighted by molar-refractivity contribution is 0.596. The molecule has 0 heteroatoms. The van der Waals surface area contributed by atoms with Gasteiger partial charge in [-0.2, -0.15) is 0 Å². The molecular formula is C16H18. The van der Waals surface area contributed by atoms with Gasteiger partial charge in [0.2, 0.25) is 0 Å². The van der Waals surface area contributed by atoms with Gasteiger partial charge in [0.25, 0.3) is 0 Å². The lowest BCUT2D eigenvalue weighted by atomic mass is 9.83. The van der Waals surface area contributed by atoms with Gasteiger partial charge in [-0.1, -0.05) is 51.1 Å². The summed E-state index contributed by atoms with van der Waals surface area (Å²) in [6, 6.07) is 11.4. The molecule has 0 unspecified atom stereocenters. The van der Waals surface area contributed by atoms with Crippen molar-refractivity contribution >= 4 is 10.8 Å². The zero-order valence-corrected chi connectivity index (χ0v) is 10.3. The summed E-state index contributed by atoms with van der Waals surface area (Å²) < 4.78 is 0. The third kappa shape index (κ3) is 1.29. The Kier molecular flexibility index (Phi) is 1.92. The molecule has 0 saturated heterocycles. The Hall–Kier alpha value is -1.30. The van der Waals surface area contributed by atoms with Crippen molar-refractivity contribution in [2.45, 2.75) is 39.0 Å². The Labute approximate surface area is 97.3 Å². The first kappa shape index (κ1) is 9.89. The summed E-state index contributed by atoms with van der Waals surface area (Å²) in [6.07, 6.45) is 2.44. The molecule has 0 N–H and O–H groups in total. The van der Waals surface area contributed by atoms with E-state index in [4.69, 9.17) is 0 Å². The molecule has 0 atom stereocenters. The molecule has 0 nitrogen and oxygen atoms in total. The molecule has 3 rings (SSSR count). The van der Waals surface area contributed by atoms with E-state index in [9.17, 15) is 0 Å². The van der Waals surface area contributed by atoms with Crippen molar-refractivity contribution in [3.05, 3.63) is 47.0 Å². The summed E-state index contributed by atoms with van der Waals surface area (Å²) in [5, 5.41) is 3.01. The van der Waals surface area contributed by atoms with Crippen molar-refractivity contribution in [2.75, 3.05) is 0 Å². The van der Waals surface area contributed by atoms with Gasteiger partial charge in [0, 0.05) is 0 Å². The molecule has 1 aliphatic rings. The van der Waals surface area contributed by atoms with E-state index in [1.165, 1.54) is 29.2 Å². The fourth-order valence-electron chi connectivity index (χ4n) is 2.90. The number of rotatable bonds is 0. The predicted octanol–water partition coefficient (Wildman–Crippen LogP) is 4.24. The maximum Gasteiger partial charge on any atom is -0.0117 e. The smallest absolute Gasteiger partial charge is 0.0117 e. The van der Waals surface area contributed by atoms with Crippen molar-refractivity contribution in [3.8, 4) is 0 Å². The first-order valence-corrected chi connectivity index (χ1v) is 6.11. The minimum absolute atomic E-state index is 0.236. The van der Waals surface area contributed by atoms with E-state index in [-0.39, 0.29) is 5.41 Å². The quantitative estimate of drug-likeness (QED) is 0.610. The van der Waals surface area contributed by atoms with Crippen molar-refractivity contribution in [2.24, 2.45) is 0 Å². The zero-order chi connectivity index (χ0) is 11.3. The van der Waals surface area contributed by atoms with E-state index in [0.29, 0.717) is 0 Å². The Balaban J connectivity index is 2.43. The minimum atomic E-state index is 0.236. The molecule has 0 bridgehead atoms. The molecule has 0 aromatic heterocycles. The van der Waals surface area contributed by atoms with Crippen LogP contribution in [0.15, 0.2) is 30.3 Å². The molecule has 2 aromatic rings. The Morgan fingerprint density at radius 3 is 2.25 bits per heavy atom. The third-order valence-corrected chi connectivity index (χ3v) is 3.68. The van der Waals surface area contributed by atoms with E-state index >= 15 is 0 Å². The zero-order valence-electron chi connectivity index (χ0n) is 10.3. The van der Waals surface area contributed by atoms with Crippen molar-refractivity contribution in [3.63, 3.8) is 0 Å². The summed E-state index contributed by atoms with van der Waals surface area (Å²) in [6.45, 7) is 6.89. The fraction of sp³-hybridized carbons (Fsp3) is 0.375. The van der Waals surface area contributed by atoms with Crippen molar-refractivity contribution in [1.82, 2.24) is 0 Å². The average molecular weight is 210 g/mol. The molecule has 1 aliphatic carbocycles. The predicted molar refractivity (Wildman–Crippen MR) is 70.1 cm³/mol. The Morgan fingerprint density at radius 2 is 1.56 bits per heavy atom. The molecule has 16 heavy (non-hydrogen) atoms. The van der Waals surface area contributed by atoms with E-state index in [0.717, 1.165) is 0 Å². The van der Waals surface area contributed by atoms with Gasteiger partial charge in [0.15, 0.2) is 0 Å². The molecule has 0 fully saturated rings. The van der Waals surface area contributed by atoms with Gasteiger partial charge in [0.05, 0.1) is 0 Å². The summed E-state index contributed by atoms with van der Waals surface area (Å²) in [7, 11) is 0. The van der Waals surface area contributed by atoms with Gasteiger partial charge < -0.3 is 0 Å².